The first-order chi connectivity index (χ1) is 10.3. The summed E-state index contributed by atoms with van der Waals surface area (Å²) in [5.74, 6) is 0.811. The average Bonchev–Trinajstić information content (AvgIpc) is 2.55. The van der Waals surface area contributed by atoms with Crippen molar-refractivity contribution in [2.24, 2.45) is 5.92 Å². The minimum atomic E-state index is 0.244. The van der Waals surface area contributed by atoms with Crippen LogP contribution in [0.1, 0.15) is 50.3 Å². The lowest BCUT2D eigenvalue weighted by Crippen LogP contribution is -2.64. The van der Waals surface area contributed by atoms with E-state index in [-0.39, 0.29) is 10.8 Å². The molecule has 4 rings (SSSR count). The lowest BCUT2D eigenvalue weighted by molar-refractivity contribution is -0.0388. The van der Waals surface area contributed by atoms with Crippen LogP contribution in [0.4, 0.5) is 0 Å². The number of nitrogens with zero attached hydrogens (tertiary/aromatic N) is 1. The van der Waals surface area contributed by atoms with Crippen LogP contribution in [0.2, 0.25) is 0 Å². The van der Waals surface area contributed by atoms with Crippen molar-refractivity contribution in [1.82, 2.24) is 4.98 Å². The highest BCUT2D eigenvalue weighted by atomic mass is 14.8. The average molecular weight is 277 g/mol. The second kappa shape index (κ2) is 4.69. The predicted octanol–water partition coefficient (Wildman–Crippen LogP) is 4.87. The highest BCUT2D eigenvalue weighted by Gasteiger charge is 2.64. The van der Waals surface area contributed by atoms with Crippen LogP contribution in [0.3, 0.4) is 0 Å². The van der Waals surface area contributed by atoms with E-state index in [4.69, 9.17) is 4.98 Å². The quantitative estimate of drug-likeness (QED) is 0.763. The molecule has 0 radical (unpaired) electrons. The zero-order chi connectivity index (χ0) is 14.3. The molecule has 2 aliphatic rings. The van der Waals surface area contributed by atoms with Crippen molar-refractivity contribution >= 4 is 0 Å². The maximum atomic E-state index is 4.80. The summed E-state index contributed by atoms with van der Waals surface area (Å²) in [5.41, 5.74) is 3.32. The SMILES string of the molecule is C[C@]1(c2ccccc2)C[C@H]2CCCC[C@]21c1ccccn1. The maximum absolute atomic E-state index is 4.80. The van der Waals surface area contributed by atoms with E-state index < -0.39 is 0 Å². The molecule has 1 aromatic heterocycles. The Balaban J connectivity index is 1.86. The summed E-state index contributed by atoms with van der Waals surface area (Å²) in [6.45, 7) is 2.47. The Bertz CT molecular complexity index is 621. The third kappa shape index (κ3) is 1.67. The molecule has 108 valence electrons. The van der Waals surface area contributed by atoms with E-state index in [1.54, 1.807) is 0 Å². The molecule has 0 N–H and O–H groups in total. The van der Waals surface area contributed by atoms with Crippen molar-refractivity contribution in [3.8, 4) is 0 Å². The standard InChI is InChI=1S/C20H23N/c1-19(16-9-3-2-4-10-16)15-17-11-5-7-13-20(17,19)18-12-6-8-14-21-18/h2-4,6,8-10,12,14,17H,5,7,11,13,15H2,1H3/t17-,19-,20-/m1/s1. The second-order valence-electron chi connectivity index (χ2n) is 7.03. The number of fused-ring (bicyclic) bond motifs is 1. The van der Waals surface area contributed by atoms with Crippen molar-refractivity contribution in [3.63, 3.8) is 0 Å². The second-order valence-corrected chi connectivity index (χ2v) is 7.03. The van der Waals surface area contributed by atoms with Crippen LogP contribution in [-0.4, -0.2) is 4.98 Å². The fraction of sp³-hybridized carbons (Fsp3) is 0.450. The van der Waals surface area contributed by atoms with Crippen LogP contribution in [-0.2, 0) is 10.8 Å². The van der Waals surface area contributed by atoms with Crippen molar-refractivity contribution in [3.05, 3.63) is 66.0 Å². The van der Waals surface area contributed by atoms with Crippen LogP contribution >= 0.6 is 0 Å². The van der Waals surface area contributed by atoms with Crippen LogP contribution in [0.15, 0.2) is 54.7 Å². The van der Waals surface area contributed by atoms with Crippen molar-refractivity contribution in [2.45, 2.75) is 49.9 Å². The van der Waals surface area contributed by atoms with Crippen molar-refractivity contribution in [2.75, 3.05) is 0 Å². The molecule has 0 spiro atoms. The summed E-state index contributed by atoms with van der Waals surface area (Å²) < 4.78 is 0. The summed E-state index contributed by atoms with van der Waals surface area (Å²) in [5, 5.41) is 0. The fourth-order valence-electron chi connectivity index (χ4n) is 5.22. The normalized spacial score (nSPS) is 34.8. The van der Waals surface area contributed by atoms with Crippen LogP contribution < -0.4 is 0 Å². The lowest BCUT2D eigenvalue weighted by atomic mass is 9.38. The van der Waals surface area contributed by atoms with Crippen LogP contribution in [0, 0.1) is 5.92 Å². The van der Waals surface area contributed by atoms with Crippen molar-refractivity contribution < 1.29 is 0 Å². The van der Waals surface area contributed by atoms with Gasteiger partial charge in [0.2, 0.25) is 0 Å². The molecule has 0 saturated heterocycles. The van der Waals surface area contributed by atoms with Gasteiger partial charge in [-0.1, -0.05) is 56.2 Å². The lowest BCUT2D eigenvalue weighted by Gasteiger charge is -2.65. The Kier molecular flexibility index (Phi) is 2.92. The molecule has 1 heteroatoms. The summed E-state index contributed by atoms with van der Waals surface area (Å²) in [6.07, 6.45) is 8.69. The van der Waals surface area contributed by atoms with Gasteiger partial charge in [-0.15, -0.1) is 0 Å². The van der Waals surface area contributed by atoms with E-state index >= 15 is 0 Å². The largest absolute Gasteiger partial charge is 0.261 e. The number of rotatable bonds is 2. The Morgan fingerprint density at radius 3 is 2.52 bits per heavy atom. The monoisotopic (exact) mass is 277 g/mol. The van der Waals surface area contributed by atoms with Gasteiger partial charge < -0.3 is 0 Å². The van der Waals surface area contributed by atoms with Gasteiger partial charge in [0.1, 0.15) is 0 Å². The minimum Gasteiger partial charge on any atom is -0.261 e. The number of benzene rings is 1. The van der Waals surface area contributed by atoms with Gasteiger partial charge in [-0.2, -0.15) is 0 Å². The first kappa shape index (κ1) is 13.1. The Morgan fingerprint density at radius 2 is 1.81 bits per heavy atom. The Morgan fingerprint density at radius 1 is 1.00 bits per heavy atom. The van der Waals surface area contributed by atoms with Crippen LogP contribution in [0.25, 0.3) is 0 Å². The highest BCUT2D eigenvalue weighted by Crippen LogP contribution is 2.67. The summed E-state index contributed by atoms with van der Waals surface area (Å²) in [7, 11) is 0. The molecule has 2 aliphatic carbocycles. The summed E-state index contributed by atoms with van der Waals surface area (Å²) >= 11 is 0. The number of hydrogen-bond acceptors (Lipinski definition) is 1. The van der Waals surface area contributed by atoms with Crippen LogP contribution in [0.5, 0.6) is 0 Å². The molecule has 1 nitrogen and oxygen atoms in total. The third-order valence-corrected chi connectivity index (χ3v) is 6.24. The molecule has 0 amide bonds. The predicted molar refractivity (Wildman–Crippen MR) is 86.3 cm³/mol. The molecule has 3 atom stereocenters. The van der Waals surface area contributed by atoms with E-state index in [9.17, 15) is 0 Å². The van der Waals surface area contributed by atoms with Gasteiger partial charge in [0.15, 0.2) is 0 Å². The summed E-state index contributed by atoms with van der Waals surface area (Å²) in [4.78, 5) is 4.80. The van der Waals surface area contributed by atoms with E-state index in [2.05, 4.69) is 49.4 Å². The van der Waals surface area contributed by atoms with Gasteiger partial charge in [0.05, 0.1) is 0 Å². The molecule has 2 fully saturated rings. The summed E-state index contributed by atoms with van der Waals surface area (Å²) in [6, 6.07) is 17.6. The smallest absolute Gasteiger partial charge is 0.0476 e. The molecule has 2 aromatic rings. The number of aromatic nitrogens is 1. The highest BCUT2D eigenvalue weighted by molar-refractivity contribution is 5.42. The molecule has 21 heavy (non-hydrogen) atoms. The van der Waals surface area contributed by atoms with Gasteiger partial charge >= 0.3 is 0 Å². The first-order valence-electron chi connectivity index (χ1n) is 8.24. The molecule has 0 bridgehead atoms. The van der Waals surface area contributed by atoms with Gasteiger partial charge in [0, 0.05) is 22.7 Å². The minimum absolute atomic E-state index is 0.244. The van der Waals surface area contributed by atoms with Crippen molar-refractivity contribution in [1.29, 1.82) is 0 Å². The first-order valence-corrected chi connectivity index (χ1v) is 8.24. The molecular formula is C20H23N. The van der Waals surface area contributed by atoms with E-state index in [0.29, 0.717) is 0 Å². The molecule has 2 saturated carbocycles. The fourth-order valence-corrected chi connectivity index (χ4v) is 5.22. The Labute approximate surface area is 127 Å². The van der Waals surface area contributed by atoms with Gasteiger partial charge in [-0.05, 0) is 42.9 Å². The van der Waals surface area contributed by atoms with E-state index in [1.165, 1.54) is 43.4 Å². The number of pyridine rings is 1. The molecule has 0 unspecified atom stereocenters. The van der Waals surface area contributed by atoms with Gasteiger partial charge in [-0.3, -0.25) is 4.98 Å². The van der Waals surface area contributed by atoms with Gasteiger partial charge in [0.25, 0.3) is 0 Å². The number of hydrogen-bond donors (Lipinski definition) is 0. The molecular weight excluding hydrogens is 254 g/mol. The van der Waals surface area contributed by atoms with E-state index in [0.717, 1.165) is 5.92 Å². The molecule has 0 aliphatic heterocycles. The topological polar surface area (TPSA) is 12.9 Å². The Hall–Kier alpha value is -1.63. The van der Waals surface area contributed by atoms with E-state index in [1.807, 2.05) is 12.3 Å². The zero-order valence-electron chi connectivity index (χ0n) is 12.8. The zero-order valence-corrected chi connectivity index (χ0v) is 12.8. The maximum Gasteiger partial charge on any atom is 0.0476 e. The molecule has 1 aromatic carbocycles. The van der Waals surface area contributed by atoms with Gasteiger partial charge in [-0.25, -0.2) is 0 Å². The molecule has 1 heterocycles. The third-order valence-electron chi connectivity index (χ3n) is 6.24.